The van der Waals surface area contributed by atoms with Gasteiger partial charge >= 0.3 is 5.97 Å². The molecule has 7 atom stereocenters. The zero-order chi connectivity index (χ0) is 24.3. The van der Waals surface area contributed by atoms with Crippen molar-refractivity contribution in [3.63, 3.8) is 0 Å². The van der Waals surface area contributed by atoms with Gasteiger partial charge in [-0.2, -0.15) is 0 Å². The molecule has 6 heteroatoms. The number of benzene rings is 1. The predicted octanol–water partition coefficient (Wildman–Crippen LogP) is 3.65. The van der Waals surface area contributed by atoms with Crippen molar-refractivity contribution < 1.29 is 29.3 Å². The lowest BCUT2D eigenvalue weighted by molar-refractivity contribution is -0.182. The van der Waals surface area contributed by atoms with E-state index in [0.29, 0.717) is 31.2 Å². The molecule has 4 aliphatic rings. The van der Waals surface area contributed by atoms with Gasteiger partial charge in [-0.05, 0) is 79.9 Å². The lowest BCUT2D eigenvalue weighted by Crippen LogP contribution is -2.62. The first-order valence-corrected chi connectivity index (χ1v) is 12.5. The molecule has 0 bridgehead atoms. The van der Waals surface area contributed by atoms with Gasteiger partial charge in [0.25, 0.3) is 0 Å². The van der Waals surface area contributed by atoms with Crippen LogP contribution < -0.4 is 0 Å². The van der Waals surface area contributed by atoms with E-state index >= 15 is 0 Å². The fourth-order valence-corrected chi connectivity index (χ4v) is 8.06. The minimum atomic E-state index is -1.64. The van der Waals surface area contributed by atoms with Crippen molar-refractivity contribution in [1.82, 2.24) is 0 Å². The van der Waals surface area contributed by atoms with Crippen molar-refractivity contribution in [2.24, 2.45) is 28.6 Å². The molecular weight excluding hydrogens is 432 g/mol. The lowest BCUT2D eigenvalue weighted by atomic mass is 9.45. The Balaban J connectivity index is 1.37. The molecule has 3 fully saturated rings. The first kappa shape index (κ1) is 23.4. The number of hydrogen-bond acceptors (Lipinski definition) is 6. The number of ketones is 2. The van der Waals surface area contributed by atoms with Gasteiger partial charge in [0.2, 0.25) is 5.78 Å². The van der Waals surface area contributed by atoms with E-state index < -0.39 is 35.5 Å². The molecule has 3 saturated carbocycles. The third-order valence-electron chi connectivity index (χ3n) is 9.85. The highest BCUT2D eigenvalue weighted by molar-refractivity contribution is 5.94. The number of hydrogen-bond donors (Lipinski definition) is 2. The fraction of sp³-hybridized carbons (Fsp3) is 0.607. The summed E-state index contributed by atoms with van der Waals surface area (Å²) in [6.45, 7) is 3.63. The van der Waals surface area contributed by atoms with Crippen LogP contribution >= 0.6 is 0 Å². The maximum absolute atomic E-state index is 13.3. The number of Topliss-reactive ketones (excluding diaryl/α,β-unsaturated/α-hetero) is 1. The van der Waals surface area contributed by atoms with Crippen LogP contribution in [0, 0.1) is 28.6 Å². The van der Waals surface area contributed by atoms with Gasteiger partial charge in [-0.3, -0.25) is 9.59 Å². The topological polar surface area (TPSA) is 101 Å². The molecule has 0 unspecified atom stereocenters. The fourth-order valence-electron chi connectivity index (χ4n) is 8.06. The molecule has 0 aliphatic heterocycles. The smallest absolute Gasteiger partial charge is 0.338 e. The van der Waals surface area contributed by atoms with Crippen LogP contribution in [0.2, 0.25) is 0 Å². The Kier molecular flexibility index (Phi) is 5.60. The molecule has 0 heterocycles. The van der Waals surface area contributed by atoms with E-state index in [-0.39, 0.29) is 29.0 Å². The number of carbonyl (C=O) groups excluding carboxylic acids is 3. The summed E-state index contributed by atoms with van der Waals surface area (Å²) in [5.74, 6) is -0.613. The van der Waals surface area contributed by atoms with Crippen LogP contribution in [-0.2, 0) is 14.3 Å². The van der Waals surface area contributed by atoms with E-state index in [1.165, 1.54) is 0 Å². The second kappa shape index (κ2) is 8.13. The summed E-state index contributed by atoms with van der Waals surface area (Å²) in [4.78, 5) is 37.7. The Hall–Kier alpha value is -2.31. The van der Waals surface area contributed by atoms with Gasteiger partial charge in [0.15, 0.2) is 12.4 Å². The molecule has 5 rings (SSSR count). The van der Waals surface area contributed by atoms with Crippen LogP contribution in [0.5, 0.6) is 0 Å². The molecular formula is C28H34O6. The van der Waals surface area contributed by atoms with Gasteiger partial charge in [-0.15, -0.1) is 0 Å². The highest BCUT2D eigenvalue weighted by Gasteiger charge is 2.68. The summed E-state index contributed by atoms with van der Waals surface area (Å²) in [6, 6.07) is 8.49. The Labute approximate surface area is 200 Å². The second-order valence-corrected chi connectivity index (χ2v) is 11.3. The zero-order valence-electron chi connectivity index (χ0n) is 20.0. The number of rotatable bonds is 4. The van der Waals surface area contributed by atoms with Crippen molar-refractivity contribution in [3.8, 4) is 0 Å². The average molecular weight is 467 g/mol. The Bertz CT molecular complexity index is 1050. The van der Waals surface area contributed by atoms with Gasteiger partial charge in [-0.25, -0.2) is 4.79 Å². The van der Waals surface area contributed by atoms with Crippen LogP contribution in [0.3, 0.4) is 0 Å². The first-order chi connectivity index (χ1) is 16.1. The molecule has 2 N–H and O–H groups in total. The Morgan fingerprint density at radius 1 is 1.09 bits per heavy atom. The maximum Gasteiger partial charge on any atom is 0.338 e. The molecule has 182 valence electrons. The molecule has 0 radical (unpaired) electrons. The van der Waals surface area contributed by atoms with Crippen molar-refractivity contribution in [2.45, 2.75) is 70.5 Å². The molecule has 0 amide bonds. The van der Waals surface area contributed by atoms with Crippen molar-refractivity contribution in [3.05, 3.63) is 47.5 Å². The summed E-state index contributed by atoms with van der Waals surface area (Å²) in [5, 5.41) is 23.2. The number of aliphatic hydroxyl groups excluding tert-OH is 1. The van der Waals surface area contributed by atoms with E-state index in [1.807, 2.05) is 6.92 Å². The average Bonchev–Trinajstić information content (AvgIpc) is 3.09. The van der Waals surface area contributed by atoms with Gasteiger partial charge in [0.1, 0.15) is 5.60 Å². The summed E-state index contributed by atoms with van der Waals surface area (Å²) in [7, 11) is 0. The molecule has 6 nitrogen and oxygen atoms in total. The van der Waals surface area contributed by atoms with E-state index in [1.54, 1.807) is 36.4 Å². The van der Waals surface area contributed by atoms with Crippen LogP contribution in [0.4, 0.5) is 0 Å². The highest BCUT2D eigenvalue weighted by atomic mass is 16.5. The van der Waals surface area contributed by atoms with Crippen LogP contribution in [0.1, 0.15) is 69.2 Å². The van der Waals surface area contributed by atoms with Gasteiger partial charge in [0, 0.05) is 11.8 Å². The Morgan fingerprint density at radius 3 is 2.56 bits per heavy atom. The zero-order valence-corrected chi connectivity index (χ0v) is 20.0. The minimum Gasteiger partial charge on any atom is -0.454 e. The van der Waals surface area contributed by atoms with Crippen molar-refractivity contribution >= 4 is 17.5 Å². The monoisotopic (exact) mass is 466 g/mol. The molecule has 1 aromatic rings. The van der Waals surface area contributed by atoms with Crippen LogP contribution in [-0.4, -0.2) is 46.1 Å². The molecule has 1 aromatic carbocycles. The molecule has 4 aliphatic carbocycles. The Morgan fingerprint density at radius 2 is 1.82 bits per heavy atom. The third-order valence-corrected chi connectivity index (χ3v) is 9.85. The van der Waals surface area contributed by atoms with E-state index in [4.69, 9.17) is 4.74 Å². The molecule has 34 heavy (non-hydrogen) atoms. The van der Waals surface area contributed by atoms with Gasteiger partial charge < -0.3 is 14.9 Å². The number of aliphatic hydroxyl groups is 2. The van der Waals surface area contributed by atoms with Crippen molar-refractivity contribution in [2.75, 3.05) is 6.61 Å². The summed E-state index contributed by atoms with van der Waals surface area (Å²) in [6.07, 6.45) is 5.40. The van der Waals surface area contributed by atoms with Crippen molar-refractivity contribution in [1.29, 1.82) is 0 Å². The number of allylic oxidation sites excluding steroid dienone is 1. The normalized spacial score (nSPS) is 41.1. The van der Waals surface area contributed by atoms with E-state index in [0.717, 1.165) is 24.8 Å². The second-order valence-electron chi connectivity index (χ2n) is 11.3. The predicted molar refractivity (Wildman–Crippen MR) is 125 cm³/mol. The number of fused-ring (bicyclic) bond motifs is 5. The number of carbonyl (C=O) groups is 3. The van der Waals surface area contributed by atoms with Gasteiger partial charge in [-0.1, -0.05) is 37.6 Å². The van der Waals surface area contributed by atoms with Crippen LogP contribution in [0.25, 0.3) is 0 Å². The maximum atomic E-state index is 13.3. The molecule has 0 spiro atoms. The standard InChI is InChI=1S/C28H34O6/c1-26-12-10-19(29)14-18(26)8-9-20-21-11-13-28(33,27(21,2)15-22(30)24(20)26)23(31)16-34-25(32)17-6-4-3-5-7-17/h3-7,14,20-22,24,30,33H,8-13,15-16H2,1-2H3/t20-,21+,22+,24-,26+,27-,28+/m1/s1. The first-order valence-electron chi connectivity index (χ1n) is 12.5. The number of ether oxygens (including phenoxy) is 1. The summed E-state index contributed by atoms with van der Waals surface area (Å²) in [5.41, 5.74) is -1.12. The van der Waals surface area contributed by atoms with Gasteiger partial charge in [0.05, 0.1) is 11.7 Å². The minimum absolute atomic E-state index is 0.0204. The largest absolute Gasteiger partial charge is 0.454 e. The summed E-state index contributed by atoms with van der Waals surface area (Å²) < 4.78 is 5.27. The lowest BCUT2D eigenvalue weighted by Gasteiger charge is -2.60. The van der Waals surface area contributed by atoms with E-state index in [2.05, 4.69) is 6.92 Å². The SMILES string of the molecule is C[C@]12CCC(=O)C=C1CC[C@H]1[C@@H]2[C@@H](O)C[C@]2(C)[C@H]1CC[C@]2(O)C(=O)COC(=O)c1ccccc1. The third kappa shape index (κ3) is 3.33. The van der Waals surface area contributed by atoms with Crippen LogP contribution in [0.15, 0.2) is 42.0 Å². The van der Waals surface area contributed by atoms with E-state index in [9.17, 15) is 24.6 Å². The number of esters is 1. The quantitative estimate of drug-likeness (QED) is 0.657. The molecule has 0 saturated heterocycles. The molecule has 0 aromatic heterocycles. The highest BCUT2D eigenvalue weighted by Crippen LogP contribution is 2.67. The summed E-state index contributed by atoms with van der Waals surface area (Å²) >= 11 is 0.